The second kappa shape index (κ2) is 7.77. The van der Waals surface area contributed by atoms with Gasteiger partial charge in [-0.15, -0.1) is 0 Å². The Kier molecular flexibility index (Phi) is 5.44. The van der Waals surface area contributed by atoms with Crippen LogP contribution in [0.5, 0.6) is 5.75 Å². The Morgan fingerprint density at radius 2 is 2.16 bits per heavy atom. The number of benzene rings is 1. The Balaban J connectivity index is 1.29. The summed E-state index contributed by atoms with van der Waals surface area (Å²) in [7, 11) is 0. The largest absolute Gasteiger partial charge is 0.489 e. The lowest BCUT2D eigenvalue weighted by Crippen LogP contribution is -2.22. The molecule has 0 N–H and O–H groups in total. The standard InChI is InChI=1S/C20H25BrO4/c21-19-15(22)12-16-18(19)14-8-5-7-13(20(14)25-16)6-1-3-10-23-17-9-2-4-11-24-17/h5,7-8,16-19H,1-4,6,9-12H2/t16-,17?,18-,19?/m1/s1. The average molecular weight is 409 g/mol. The summed E-state index contributed by atoms with van der Waals surface area (Å²) < 4.78 is 17.5. The fourth-order valence-electron chi connectivity index (χ4n) is 4.13. The van der Waals surface area contributed by atoms with E-state index in [1.165, 1.54) is 17.5 Å². The number of ketones is 1. The van der Waals surface area contributed by atoms with Crippen molar-refractivity contribution in [3.05, 3.63) is 29.3 Å². The topological polar surface area (TPSA) is 44.8 Å². The van der Waals surface area contributed by atoms with Crippen molar-refractivity contribution in [2.75, 3.05) is 13.2 Å². The van der Waals surface area contributed by atoms with Crippen LogP contribution in [0.4, 0.5) is 0 Å². The zero-order chi connectivity index (χ0) is 17.2. The maximum atomic E-state index is 11.9. The maximum absolute atomic E-state index is 11.9. The highest BCUT2D eigenvalue weighted by Crippen LogP contribution is 2.49. The van der Waals surface area contributed by atoms with Gasteiger partial charge in [0.1, 0.15) is 11.9 Å². The van der Waals surface area contributed by atoms with E-state index < -0.39 is 0 Å². The smallest absolute Gasteiger partial charge is 0.157 e. The first-order chi connectivity index (χ1) is 12.2. The Bertz CT molecular complexity index is 626. The first-order valence-corrected chi connectivity index (χ1v) is 10.3. The van der Waals surface area contributed by atoms with Crippen molar-refractivity contribution in [3.8, 4) is 5.75 Å². The number of alkyl halides is 1. The molecule has 5 heteroatoms. The molecule has 2 fully saturated rings. The number of unbranched alkanes of at least 4 members (excludes halogenated alkanes) is 1. The lowest BCUT2D eigenvalue weighted by molar-refractivity contribution is -0.162. The number of carbonyl (C=O) groups excluding carboxylic acids is 1. The van der Waals surface area contributed by atoms with Crippen molar-refractivity contribution < 1.29 is 19.0 Å². The van der Waals surface area contributed by atoms with E-state index in [4.69, 9.17) is 14.2 Å². The van der Waals surface area contributed by atoms with Gasteiger partial charge in [-0.1, -0.05) is 34.1 Å². The maximum Gasteiger partial charge on any atom is 0.157 e. The lowest BCUT2D eigenvalue weighted by atomic mass is 9.94. The molecule has 2 aliphatic heterocycles. The van der Waals surface area contributed by atoms with Crippen molar-refractivity contribution in [3.63, 3.8) is 0 Å². The minimum Gasteiger partial charge on any atom is -0.489 e. The van der Waals surface area contributed by atoms with Gasteiger partial charge in [0, 0.05) is 31.1 Å². The number of Topliss-reactive ketones (excluding diaryl/α,β-unsaturated/α-hetero) is 1. The van der Waals surface area contributed by atoms with Gasteiger partial charge >= 0.3 is 0 Å². The minimum absolute atomic E-state index is 0.00540. The first kappa shape index (κ1) is 17.5. The summed E-state index contributed by atoms with van der Waals surface area (Å²) in [6, 6.07) is 6.35. The molecule has 2 unspecified atom stereocenters. The molecule has 1 saturated heterocycles. The molecule has 0 spiro atoms. The summed E-state index contributed by atoms with van der Waals surface area (Å²) in [6.45, 7) is 1.58. The van der Waals surface area contributed by atoms with Crippen LogP contribution in [0.1, 0.15) is 55.6 Å². The number of fused-ring (bicyclic) bond motifs is 3. The Hall–Kier alpha value is -0.910. The minimum atomic E-state index is -0.0992. The predicted octanol–water partition coefficient (Wildman–Crippen LogP) is 4.13. The van der Waals surface area contributed by atoms with Crippen LogP contribution in [0.25, 0.3) is 0 Å². The summed E-state index contributed by atoms with van der Waals surface area (Å²) in [5, 5.41) is 0. The van der Waals surface area contributed by atoms with Gasteiger partial charge in [-0.3, -0.25) is 4.79 Å². The van der Waals surface area contributed by atoms with Gasteiger partial charge in [-0.25, -0.2) is 0 Å². The number of ether oxygens (including phenoxy) is 3. The highest BCUT2D eigenvalue weighted by molar-refractivity contribution is 9.10. The monoisotopic (exact) mass is 408 g/mol. The molecule has 1 aliphatic carbocycles. The number of halogens is 1. The van der Waals surface area contributed by atoms with Gasteiger partial charge in [-0.2, -0.15) is 0 Å². The van der Waals surface area contributed by atoms with E-state index >= 15 is 0 Å². The number of rotatable bonds is 6. The molecule has 4 nitrogen and oxygen atoms in total. The molecule has 0 aromatic heterocycles. The van der Waals surface area contributed by atoms with Crippen LogP contribution in [0.15, 0.2) is 18.2 Å². The fourth-order valence-corrected chi connectivity index (χ4v) is 4.95. The number of hydrogen-bond acceptors (Lipinski definition) is 4. The van der Waals surface area contributed by atoms with Crippen molar-refractivity contribution in [2.24, 2.45) is 0 Å². The van der Waals surface area contributed by atoms with E-state index in [1.54, 1.807) is 0 Å². The third kappa shape index (κ3) is 3.64. The molecule has 1 aromatic carbocycles. The van der Waals surface area contributed by atoms with Crippen molar-refractivity contribution >= 4 is 21.7 Å². The SMILES string of the molecule is O=C1C[C@H]2Oc3c(CCCCOC4CCCCO4)cccc3[C@H]2C1Br. The molecule has 1 aromatic rings. The van der Waals surface area contributed by atoms with E-state index in [1.807, 2.05) is 0 Å². The average Bonchev–Trinajstić information content (AvgIpc) is 3.12. The second-order valence-electron chi connectivity index (χ2n) is 7.21. The molecule has 0 amide bonds. The lowest BCUT2D eigenvalue weighted by Gasteiger charge is -2.22. The predicted molar refractivity (Wildman–Crippen MR) is 98.4 cm³/mol. The van der Waals surface area contributed by atoms with E-state index in [0.29, 0.717) is 6.42 Å². The second-order valence-corrected chi connectivity index (χ2v) is 8.20. The number of hydrogen-bond donors (Lipinski definition) is 0. The normalized spacial score (nSPS) is 30.8. The third-order valence-corrected chi connectivity index (χ3v) is 6.54. The van der Waals surface area contributed by atoms with Crippen molar-refractivity contribution in [1.82, 2.24) is 0 Å². The molecular formula is C20H25BrO4. The van der Waals surface area contributed by atoms with Crippen molar-refractivity contribution in [2.45, 2.75) is 68.1 Å². The molecule has 2 heterocycles. The van der Waals surface area contributed by atoms with Gasteiger partial charge in [0.15, 0.2) is 12.1 Å². The molecule has 25 heavy (non-hydrogen) atoms. The van der Waals surface area contributed by atoms with Crippen molar-refractivity contribution in [1.29, 1.82) is 0 Å². The summed E-state index contributed by atoms with van der Waals surface area (Å²) in [5.41, 5.74) is 2.45. The quantitative estimate of drug-likeness (QED) is 0.524. The Labute approximate surface area is 157 Å². The number of aryl methyl sites for hydroxylation is 1. The Morgan fingerprint density at radius 3 is 3.00 bits per heavy atom. The summed E-state index contributed by atoms with van der Waals surface area (Å²) in [4.78, 5) is 11.8. The number of para-hydroxylation sites is 1. The van der Waals surface area contributed by atoms with Gasteiger partial charge in [0.05, 0.1) is 4.83 Å². The molecule has 4 rings (SSSR count). The molecule has 0 radical (unpaired) electrons. The van der Waals surface area contributed by atoms with E-state index in [2.05, 4.69) is 34.1 Å². The first-order valence-electron chi connectivity index (χ1n) is 9.42. The van der Waals surface area contributed by atoms with E-state index in [0.717, 1.165) is 51.1 Å². The van der Waals surface area contributed by atoms with Crippen LogP contribution in [0.2, 0.25) is 0 Å². The van der Waals surface area contributed by atoms with Crippen LogP contribution in [0, 0.1) is 0 Å². The molecular weight excluding hydrogens is 384 g/mol. The zero-order valence-corrected chi connectivity index (χ0v) is 16.0. The van der Waals surface area contributed by atoms with Gasteiger partial charge in [-0.05, 0) is 44.1 Å². The molecule has 4 atom stereocenters. The fraction of sp³-hybridized carbons (Fsp3) is 0.650. The zero-order valence-electron chi connectivity index (χ0n) is 14.4. The van der Waals surface area contributed by atoms with Crippen LogP contribution in [-0.4, -0.2) is 36.2 Å². The highest BCUT2D eigenvalue weighted by Gasteiger charge is 2.48. The van der Waals surface area contributed by atoms with Crippen LogP contribution >= 0.6 is 15.9 Å². The van der Waals surface area contributed by atoms with Crippen LogP contribution < -0.4 is 4.74 Å². The van der Waals surface area contributed by atoms with Crippen LogP contribution in [0.3, 0.4) is 0 Å². The third-order valence-electron chi connectivity index (χ3n) is 5.46. The molecule has 3 aliphatic rings. The Morgan fingerprint density at radius 1 is 1.24 bits per heavy atom. The van der Waals surface area contributed by atoms with Gasteiger partial charge in [0.25, 0.3) is 0 Å². The van der Waals surface area contributed by atoms with Gasteiger partial charge < -0.3 is 14.2 Å². The highest BCUT2D eigenvalue weighted by atomic mass is 79.9. The summed E-state index contributed by atoms with van der Waals surface area (Å²) in [5.74, 6) is 1.45. The number of carbonyl (C=O) groups is 1. The van der Waals surface area contributed by atoms with Crippen LogP contribution in [-0.2, 0) is 20.7 Å². The summed E-state index contributed by atoms with van der Waals surface area (Å²) in [6.07, 6.45) is 7.00. The summed E-state index contributed by atoms with van der Waals surface area (Å²) >= 11 is 3.56. The van der Waals surface area contributed by atoms with E-state index in [-0.39, 0.29) is 28.9 Å². The molecule has 136 valence electrons. The van der Waals surface area contributed by atoms with E-state index in [9.17, 15) is 4.79 Å². The van der Waals surface area contributed by atoms with Gasteiger partial charge in [0.2, 0.25) is 0 Å². The molecule has 1 saturated carbocycles. The molecule has 0 bridgehead atoms.